The van der Waals surface area contributed by atoms with Gasteiger partial charge >= 0.3 is 0 Å². The number of piperidine rings is 1. The van der Waals surface area contributed by atoms with E-state index in [4.69, 9.17) is 0 Å². The number of benzene rings is 1. The molecule has 25 heavy (non-hydrogen) atoms. The van der Waals surface area contributed by atoms with Gasteiger partial charge in [-0.15, -0.1) is 11.3 Å². The molecule has 2 aromatic rings. The lowest BCUT2D eigenvalue weighted by molar-refractivity contribution is -0.120. The summed E-state index contributed by atoms with van der Waals surface area (Å²) in [6.07, 6.45) is 4.25. The maximum atomic E-state index is 12.4. The van der Waals surface area contributed by atoms with Crippen LogP contribution in [0, 0.1) is 5.92 Å². The van der Waals surface area contributed by atoms with E-state index in [1.165, 1.54) is 21.1 Å². The predicted molar refractivity (Wildman–Crippen MR) is 99.4 cm³/mol. The Labute approximate surface area is 151 Å². The number of rotatable bonds is 5. The molecule has 0 saturated carbocycles. The molecular formula is C17H19N3O3S2. The van der Waals surface area contributed by atoms with Crippen molar-refractivity contribution in [2.75, 3.05) is 18.4 Å². The third-order valence-corrected chi connectivity index (χ3v) is 6.33. The number of sulfonamides is 1. The zero-order valence-electron chi connectivity index (χ0n) is 13.5. The lowest BCUT2D eigenvalue weighted by atomic mass is 9.97. The number of hydrogen-bond acceptors (Lipinski definition) is 5. The first kappa shape index (κ1) is 17.8. The van der Waals surface area contributed by atoms with Crippen LogP contribution in [0.15, 0.2) is 47.3 Å². The number of hydrogen-bond donors (Lipinski definition) is 1. The van der Waals surface area contributed by atoms with Gasteiger partial charge in [0.05, 0.1) is 0 Å². The summed E-state index contributed by atoms with van der Waals surface area (Å²) in [6.45, 7) is 0.689. The Morgan fingerprint density at radius 3 is 2.60 bits per heavy atom. The van der Waals surface area contributed by atoms with Gasteiger partial charge in [0.2, 0.25) is 15.9 Å². The molecule has 0 atom stereocenters. The molecule has 0 radical (unpaired) electrons. The van der Waals surface area contributed by atoms with Gasteiger partial charge in [-0.3, -0.25) is 4.79 Å². The van der Waals surface area contributed by atoms with Crippen LogP contribution in [0.5, 0.6) is 0 Å². The summed E-state index contributed by atoms with van der Waals surface area (Å²) in [5.41, 5.74) is 0.837. The van der Waals surface area contributed by atoms with Crippen molar-refractivity contribution in [2.24, 2.45) is 5.92 Å². The second-order valence-corrected chi connectivity index (χ2v) is 8.47. The second kappa shape index (κ2) is 7.90. The summed E-state index contributed by atoms with van der Waals surface area (Å²) in [5, 5.41) is 6.38. The van der Waals surface area contributed by atoms with Gasteiger partial charge in [0.25, 0.3) is 0 Å². The van der Waals surface area contributed by atoms with Gasteiger partial charge in [-0.2, -0.15) is 4.31 Å². The molecule has 1 aromatic heterocycles. The Morgan fingerprint density at radius 1 is 1.24 bits per heavy atom. The number of anilines is 1. The van der Waals surface area contributed by atoms with Crippen molar-refractivity contribution in [3.63, 3.8) is 0 Å². The molecular weight excluding hydrogens is 358 g/mol. The Hall–Kier alpha value is -2.03. The van der Waals surface area contributed by atoms with Crippen molar-refractivity contribution in [2.45, 2.75) is 12.8 Å². The van der Waals surface area contributed by atoms with Crippen LogP contribution >= 0.6 is 11.3 Å². The molecule has 1 N–H and O–H groups in total. The first-order valence-corrected chi connectivity index (χ1v) is 10.4. The van der Waals surface area contributed by atoms with Crippen molar-refractivity contribution in [3.05, 3.63) is 52.9 Å². The number of aromatic nitrogens is 1. The molecule has 0 bridgehead atoms. The molecule has 1 fully saturated rings. The SMILES string of the molecule is O=C(Nc1nccs1)C1CCN(S(=O)(=O)/C=C/c2ccccc2)CC1. The van der Waals surface area contributed by atoms with Gasteiger partial charge in [-0.05, 0) is 24.5 Å². The van der Waals surface area contributed by atoms with Crippen LogP contribution in [0.2, 0.25) is 0 Å². The zero-order chi connectivity index (χ0) is 17.7. The highest BCUT2D eigenvalue weighted by Gasteiger charge is 2.30. The summed E-state index contributed by atoms with van der Waals surface area (Å²) in [6, 6.07) is 9.30. The summed E-state index contributed by atoms with van der Waals surface area (Å²) >= 11 is 1.37. The Bertz CT molecular complexity index is 825. The molecule has 6 nitrogen and oxygen atoms in total. The molecule has 132 valence electrons. The van der Waals surface area contributed by atoms with E-state index < -0.39 is 10.0 Å². The van der Waals surface area contributed by atoms with E-state index in [9.17, 15) is 13.2 Å². The topological polar surface area (TPSA) is 79.4 Å². The normalized spacial score (nSPS) is 17.0. The van der Waals surface area contributed by atoms with Crippen molar-refractivity contribution in [1.29, 1.82) is 0 Å². The fourth-order valence-electron chi connectivity index (χ4n) is 2.68. The Balaban J connectivity index is 1.56. The molecule has 1 aliphatic rings. The maximum Gasteiger partial charge on any atom is 0.236 e. The smallest absolute Gasteiger partial charge is 0.236 e. The average molecular weight is 377 g/mol. The van der Waals surface area contributed by atoms with Crippen LogP contribution in [0.1, 0.15) is 18.4 Å². The van der Waals surface area contributed by atoms with Gasteiger partial charge in [-0.1, -0.05) is 30.3 Å². The highest BCUT2D eigenvalue weighted by molar-refractivity contribution is 7.92. The first-order chi connectivity index (χ1) is 12.0. The van der Waals surface area contributed by atoms with Gasteiger partial charge in [0, 0.05) is 36.0 Å². The molecule has 1 aromatic carbocycles. The third kappa shape index (κ3) is 4.75. The van der Waals surface area contributed by atoms with Crippen LogP contribution in [0.4, 0.5) is 5.13 Å². The monoisotopic (exact) mass is 377 g/mol. The summed E-state index contributed by atoms with van der Waals surface area (Å²) in [5.74, 6) is -0.278. The van der Waals surface area contributed by atoms with Gasteiger partial charge in [0.1, 0.15) is 0 Å². The second-order valence-electron chi connectivity index (χ2n) is 5.76. The molecule has 8 heteroatoms. The van der Waals surface area contributed by atoms with Gasteiger partial charge < -0.3 is 5.32 Å². The molecule has 1 saturated heterocycles. The molecule has 3 rings (SSSR count). The third-order valence-electron chi connectivity index (χ3n) is 4.08. The minimum absolute atomic E-state index is 0.0909. The minimum atomic E-state index is -3.47. The molecule has 2 heterocycles. The van der Waals surface area contributed by atoms with E-state index in [1.807, 2.05) is 30.3 Å². The molecule has 0 aliphatic carbocycles. The van der Waals surface area contributed by atoms with E-state index in [2.05, 4.69) is 10.3 Å². The summed E-state index contributed by atoms with van der Waals surface area (Å²) in [7, 11) is -3.47. The maximum absolute atomic E-state index is 12.4. The lowest BCUT2D eigenvalue weighted by Gasteiger charge is -2.29. The standard InChI is InChI=1S/C17H19N3O3S2/c21-16(19-17-18-9-12-24-17)15-6-10-20(11-7-15)25(22,23)13-8-14-4-2-1-3-5-14/h1-5,8-9,12-13,15H,6-7,10-11H2,(H,18,19,21)/b13-8+. The van der Waals surface area contributed by atoms with Crippen LogP contribution in [0.25, 0.3) is 6.08 Å². The number of nitrogens with zero attached hydrogens (tertiary/aromatic N) is 2. The summed E-state index contributed by atoms with van der Waals surface area (Å²) < 4.78 is 26.3. The van der Waals surface area contributed by atoms with Crippen molar-refractivity contribution >= 4 is 38.5 Å². The molecule has 0 spiro atoms. The molecule has 0 unspecified atom stereocenters. The van der Waals surface area contributed by atoms with Crippen molar-refractivity contribution < 1.29 is 13.2 Å². The van der Waals surface area contributed by atoms with Crippen LogP contribution in [-0.4, -0.2) is 36.7 Å². The number of thiazole rings is 1. The average Bonchev–Trinajstić information content (AvgIpc) is 3.14. The van der Waals surface area contributed by atoms with E-state index in [-0.39, 0.29) is 11.8 Å². The van der Waals surface area contributed by atoms with Crippen LogP contribution in [-0.2, 0) is 14.8 Å². The van der Waals surface area contributed by atoms with Crippen LogP contribution < -0.4 is 5.32 Å². The lowest BCUT2D eigenvalue weighted by Crippen LogP contribution is -2.40. The Morgan fingerprint density at radius 2 is 1.96 bits per heavy atom. The minimum Gasteiger partial charge on any atom is -0.302 e. The van der Waals surface area contributed by atoms with E-state index in [0.29, 0.717) is 31.1 Å². The highest BCUT2D eigenvalue weighted by atomic mass is 32.2. The van der Waals surface area contributed by atoms with Gasteiger partial charge in [-0.25, -0.2) is 13.4 Å². The van der Waals surface area contributed by atoms with Crippen molar-refractivity contribution in [1.82, 2.24) is 9.29 Å². The highest BCUT2D eigenvalue weighted by Crippen LogP contribution is 2.23. The number of carbonyl (C=O) groups excluding carboxylic acids is 1. The van der Waals surface area contributed by atoms with E-state index in [0.717, 1.165) is 5.56 Å². The van der Waals surface area contributed by atoms with E-state index in [1.54, 1.807) is 17.7 Å². The Kier molecular flexibility index (Phi) is 5.62. The largest absolute Gasteiger partial charge is 0.302 e. The zero-order valence-corrected chi connectivity index (χ0v) is 15.2. The number of carbonyl (C=O) groups is 1. The van der Waals surface area contributed by atoms with E-state index >= 15 is 0 Å². The van der Waals surface area contributed by atoms with Crippen molar-refractivity contribution in [3.8, 4) is 0 Å². The number of amides is 1. The van der Waals surface area contributed by atoms with Gasteiger partial charge in [0.15, 0.2) is 5.13 Å². The predicted octanol–water partition coefficient (Wildman–Crippen LogP) is 2.79. The van der Waals surface area contributed by atoms with Crippen LogP contribution in [0.3, 0.4) is 0 Å². The summed E-state index contributed by atoms with van der Waals surface area (Å²) in [4.78, 5) is 16.2. The fourth-order valence-corrected chi connectivity index (χ4v) is 4.43. The first-order valence-electron chi connectivity index (χ1n) is 7.98. The molecule has 1 aliphatic heterocycles. The quantitative estimate of drug-likeness (QED) is 0.869. The molecule has 1 amide bonds. The fraction of sp³-hybridized carbons (Fsp3) is 0.294. The number of nitrogens with one attached hydrogen (secondary N) is 1.